The first-order valence-corrected chi connectivity index (χ1v) is 20.6. The van der Waals surface area contributed by atoms with E-state index in [-0.39, 0.29) is 19.4 Å². The van der Waals surface area contributed by atoms with Crippen LogP contribution in [-0.4, -0.2) is 77.4 Å². The molecular formula is C38H48N4O7S2. The number of carboxylic acid groups (broad SMARTS) is 1. The zero-order valence-electron chi connectivity index (χ0n) is 28.8. The summed E-state index contributed by atoms with van der Waals surface area (Å²) in [6.45, 7) is 3.97. The fraction of sp³-hybridized carbons (Fsp3) is 0.526. The summed E-state index contributed by atoms with van der Waals surface area (Å²) < 4.78 is 27.0. The maximum Gasteiger partial charge on any atom is 0.405 e. The molecule has 13 heteroatoms. The molecule has 6 rings (SSSR count). The van der Waals surface area contributed by atoms with E-state index in [4.69, 9.17) is 0 Å². The van der Waals surface area contributed by atoms with Crippen LogP contribution in [0, 0.1) is 5.92 Å². The van der Waals surface area contributed by atoms with Crippen LogP contribution in [0.15, 0.2) is 67.3 Å². The average Bonchev–Trinajstić information content (AvgIpc) is 4.05. The fourth-order valence-electron chi connectivity index (χ4n) is 7.56. The third-order valence-electron chi connectivity index (χ3n) is 10.8. The van der Waals surface area contributed by atoms with Crippen molar-refractivity contribution < 1.29 is 32.7 Å². The van der Waals surface area contributed by atoms with Crippen molar-refractivity contribution in [1.29, 1.82) is 0 Å². The molecule has 4 fully saturated rings. The van der Waals surface area contributed by atoms with E-state index in [0.717, 1.165) is 61.0 Å². The topological polar surface area (TPSA) is 162 Å². The number of nitrogens with one attached hydrogen (secondary N) is 3. The summed E-state index contributed by atoms with van der Waals surface area (Å²) in [5.74, 6) is -1.55. The van der Waals surface area contributed by atoms with Gasteiger partial charge in [-0.15, -0.1) is 18.3 Å². The number of carbonyl (C=O) groups is 4. The molecule has 4 amide bonds. The fourth-order valence-corrected chi connectivity index (χ4v) is 10.5. The highest BCUT2D eigenvalue weighted by molar-refractivity contribution is 8.00. The zero-order valence-corrected chi connectivity index (χ0v) is 30.5. The molecule has 2 saturated carbocycles. The van der Waals surface area contributed by atoms with Crippen molar-refractivity contribution in [3.63, 3.8) is 0 Å². The summed E-state index contributed by atoms with van der Waals surface area (Å²) in [4.78, 5) is 55.9. The van der Waals surface area contributed by atoms with E-state index in [1.54, 1.807) is 11.8 Å². The molecule has 274 valence electrons. The summed E-state index contributed by atoms with van der Waals surface area (Å²) in [6.07, 6.45) is 8.62. The van der Waals surface area contributed by atoms with Crippen LogP contribution in [0.25, 0.3) is 11.1 Å². The Bertz CT molecular complexity index is 1730. The zero-order chi connectivity index (χ0) is 36.2. The lowest BCUT2D eigenvalue weighted by atomic mass is 9.93. The molecular weight excluding hydrogens is 689 g/mol. The Morgan fingerprint density at radius 2 is 1.53 bits per heavy atom. The standard InChI is InChI=1S/C38H48N4O7S2/c1-2-28-23-38(28,35(45)41-51(48,49)30-20-21-30)40-33(43)32-24-37(29-18-16-27(17-19-29)26-13-9-8-10-14-26)25-42(32)34(44)31(39-36(46)47)15-11-6-4-3-5-7-12-22-50-37/h2,8-10,13-14,16-19,28,30-32,39H,1,3-7,11-12,15,20-25H2,(H,40,43)(H,41,45)(H,46,47)/t28?,31-,32-,37-,38?/m0/s1. The minimum absolute atomic E-state index is 0.164. The van der Waals surface area contributed by atoms with Gasteiger partial charge in [0.25, 0.3) is 5.91 Å². The lowest BCUT2D eigenvalue weighted by molar-refractivity contribution is -0.141. The van der Waals surface area contributed by atoms with Crippen LogP contribution in [0.2, 0.25) is 0 Å². The van der Waals surface area contributed by atoms with E-state index in [0.29, 0.717) is 25.7 Å². The van der Waals surface area contributed by atoms with Gasteiger partial charge in [0.05, 0.1) is 10.00 Å². The summed E-state index contributed by atoms with van der Waals surface area (Å²) in [7, 11) is -3.88. The van der Waals surface area contributed by atoms with Gasteiger partial charge in [-0.2, -0.15) is 0 Å². The van der Waals surface area contributed by atoms with Crippen molar-refractivity contribution in [3.8, 4) is 11.1 Å². The van der Waals surface area contributed by atoms with Crippen LogP contribution in [0.3, 0.4) is 0 Å². The summed E-state index contributed by atoms with van der Waals surface area (Å²) in [6, 6.07) is 16.1. The summed E-state index contributed by atoms with van der Waals surface area (Å²) >= 11 is 1.71. The molecule has 11 nitrogen and oxygen atoms in total. The van der Waals surface area contributed by atoms with E-state index in [9.17, 15) is 32.7 Å². The molecule has 2 heterocycles. The molecule has 0 aromatic heterocycles. The molecule has 0 spiro atoms. The van der Waals surface area contributed by atoms with Gasteiger partial charge in [0.15, 0.2) is 0 Å². The maximum absolute atomic E-state index is 14.5. The molecule has 5 atom stereocenters. The van der Waals surface area contributed by atoms with Crippen LogP contribution in [0.1, 0.15) is 82.6 Å². The Kier molecular flexibility index (Phi) is 11.2. The van der Waals surface area contributed by atoms with Crippen molar-refractivity contribution in [3.05, 3.63) is 72.8 Å². The second-order valence-corrected chi connectivity index (χ2v) is 17.9. The highest BCUT2D eigenvalue weighted by Crippen LogP contribution is 2.50. The van der Waals surface area contributed by atoms with E-state index < -0.39 is 67.4 Å². The molecule has 0 radical (unpaired) electrons. The highest BCUT2D eigenvalue weighted by atomic mass is 32.2. The first-order valence-electron chi connectivity index (χ1n) is 18.1. The van der Waals surface area contributed by atoms with Gasteiger partial charge in [0.2, 0.25) is 21.8 Å². The minimum Gasteiger partial charge on any atom is -0.465 e. The van der Waals surface area contributed by atoms with Gasteiger partial charge in [-0.25, -0.2) is 13.2 Å². The van der Waals surface area contributed by atoms with Gasteiger partial charge < -0.3 is 20.6 Å². The second-order valence-electron chi connectivity index (χ2n) is 14.4. The van der Waals surface area contributed by atoms with Crippen LogP contribution in [0.4, 0.5) is 4.79 Å². The maximum atomic E-state index is 14.5. The third-order valence-corrected chi connectivity index (χ3v) is 14.2. The predicted molar refractivity (Wildman–Crippen MR) is 197 cm³/mol. The van der Waals surface area contributed by atoms with Crippen molar-refractivity contribution in [2.75, 3.05) is 12.3 Å². The first-order chi connectivity index (χ1) is 24.5. The lowest BCUT2D eigenvalue weighted by Gasteiger charge is -2.31. The van der Waals surface area contributed by atoms with Crippen molar-refractivity contribution >= 4 is 45.6 Å². The SMILES string of the molecule is C=CC1CC1(NC(=O)[C@@H]1C[C@@]2(c3ccc(-c4ccccc4)cc3)CN1C(=O)[C@@H](NC(=O)O)CCCCCCCCCS2)C(=O)NS(=O)(=O)C1CC1. The predicted octanol–water partition coefficient (Wildman–Crippen LogP) is 5.32. The number of benzene rings is 2. The number of hydrogen-bond acceptors (Lipinski definition) is 7. The first kappa shape index (κ1) is 36.9. The number of sulfonamides is 1. The van der Waals surface area contributed by atoms with E-state index in [1.807, 2.05) is 54.6 Å². The van der Waals surface area contributed by atoms with Crippen molar-refractivity contribution in [1.82, 2.24) is 20.3 Å². The molecule has 4 N–H and O–H groups in total. The summed E-state index contributed by atoms with van der Waals surface area (Å²) in [5, 5.41) is 14.4. The smallest absolute Gasteiger partial charge is 0.405 e. The molecule has 2 bridgehead atoms. The van der Waals surface area contributed by atoms with Gasteiger partial charge in [0.1, 0.15) is 17.6 Å². The van der Waals surface area contributed by atoms with Crippen LogP contribution < -0.4 is 15.4 Å². The molecule has 51 heavy (non-hydrogen) atoms. The minimum atomic E-state index is -3.88. The number of fused-ring (bicyclic) bond motifs is 2. The number of hydrogen-bond donors (Lipinski definition) is 4. The van der Waals surface area contributed by atoms with Gasteiger partial charge in [0, 0.05) is 12.5 Å². The normalized spacial score (nSPS) is 28.8. The van der Waals surface area contributed by atoms with E-state index in [1.165, 1.54) is 11.0 Å². The Hall–Kier alpha value is -3.84. The van der Waals surface area contributed by atoms with E-state index in [2.05, 4.69) is 21.9 Å². The van der Waals surface area contributed by atoms with Gasteiger partial charge in [-0.05, 0) is 61.0 Å². The van der Waals surface area contributed by atoms with E-state index >= 15 is 0 Å². The molecule has 4 aliphatic rings. The molecule has 2 aromatic carbocycles. The van der Waals surface area contributed by atoms with Crippen molar-refractivity contribution in [2.24, 2.45) is 5.92 Å². The van der Waals surface area contributed by atoms with Gasteiger partial charge in [-0.3, -0.25) is 19.1 Å². The molecule has 2 aromatic rings. The largest absolute Gasteiger partial charge is 0.465 e. The number of thioether (sulfide) groups is 1. The van der Waals surface area contributed by atoms with Crippen LogP contribution in [0.5, 0.6) is 0 Å². The quantitative estimate of drug-likeness (QED) is 0.252. The van der Waals surface area contributed by atoms with Gasteiger partial charge in [-0.1, -0.05) is 99.2 Å². The highest BCUT2D eigenvalue weighted by Gasteiger charge is 2.62. The van der Waals surface area contributed by atoms with Crippen LogP contribution in [-0.2, 0) is 29.2 Å². The Labute approximate surface area is 304 Å². The Balaban J connectivity index is 1.35. The Morgan fingerprint density at radius 3 is 2.16 bits per heavy atom. The summed E-state index contributed by atoms with van der Waals surface area (Å²) in [5.41, 5.74) is 1.53. The second kappa shape index (κ2) is 15.4. The van der Waals surface area contributed by atoms with Crippen LogP contribution >= 0.6 is 11.8 Å². The average molecular weight is 737 g/mol. The third kappa shape index (κ3) is 8.30. The lowest BCUT2D eigenvalue weighted by Crippen LogP contribution is -2.58. The number of carbonyl (C=O) groups excluding carboxylic acids is 3. The monoisotopic (exact) mass is 736 g/mol. The number of amides is 4. The Morgan fingerprint density at radius 1 is 0.882 bits per heavy atom. The molecule has 2 unspecified atom stereocenters. The number of nitrogens with zero attached hydrogens (tertiary/aromatic N) is 1. The molecule has 2 aliphatic heterocycles. The molecule has 2 saturated heterocycles. The van der Waals surface area contributed by atoms with Crippen molar-refractivity contribution in [2.45, 2.75) is 105 Å². The molecule has 2 aliphatic carbocycles. The number of rotatable bonds is 9. The van der Waals surface area contributed by atoms with Gasteiger partial charge >= 0.3 is 6.09 Å².